The largest absolute Gasteiger partial charge is 0.457 e. The van der Waals surface area contributed by atoms with E-state index in [1.54, 1.807) is 21.0 Å². The molecule has 7 heteroatoms. The van der Waals surface area contributed by atoms with Crippen LogP contribution in [0.1, 0.15) is 41.5 Å². The molecule has 0 aromatic heterocycles. The number of carbonyl (C=O) groups excluding carboxylic acids is 1. The van der Waals surface area contributed by atoms with Gasteiger partial charge in [-0.1, -0.05) is 6.58 Å². The number of methoxy groups -OCH3 is 1. The number of hydrogen-bond donors (Lipinski definition) is 0. The molecule has 0 fully saturated rings. The van der Waals surface area contributed by atoms with Gasteiger partial charge in [-0.3, -0.25) is 0 Å². The Kier molecular flexibility index (Phi) is 14.4. The third-order valence-corrected chi connectivity index (χ3v) is 3.52. The Labute approximate surface area is 164 Å². The summed E-state index contributed by atoms with van der Waals surface area (Å²) in [6.07, 6.45) is -0.487. The lowest BCUT2D eigenvalue weighted by Crippen LogP contribution is -2.29. The Morgan fingerprint density at radius 1 is 0.704 bits per heavy atom. The topological polar surface area (TPSA) is 72.5 Å². The van der Waals surface area contributed by atoms with Crippen LogP contribution in [0.4, 0.5) is 0 Å². The smallest absolute Gasteiger partial charge is 0.333 e. The molecular formula is C20H38O7. The van der Waals surface area contributed by atoms with E-state index in [0.29, 0.717) is 38.6 Å². The quantitative estimate of drug-likeness (QED) is 0.296. The van der Waals surface area contributed by atoms with E-state index in [-0.39, 0.29) is 30.5 Å². The fraction of sp³-hybridized carbons (Fsp3) is 0.850. The first-order valence-electron chi connectivity index (χ1n) is 9.47. The van der Waals surface area contributed by atoms with Crippen LogP contribution in [-0.2, 0) is 33.2 Å². The van der Waals surface area contributed by atoms with Crippen LogP contribution in [0.15, 0.2) is 12.2 Å². The minimum atomic E-state index is -0.407. The van der Waals surface area contributed by atoms with Gasteiger partial charge < -0.3 is 28.4 Å². The fourth-order valence-corrected chi connectivity index (χ4v) is 1.94. The van der Waals surface area contributed by atoms with E-state index in [4.69, 9.17) is 28.4 Å². The molecule has 0 aliphatic carbocycles. The van der Waals surface area contributed by atoms with Crippen LogP contribution in [0.2, 0.25) is 0 Å². The molecule has 0 rings (SSSR count). The van der Waals surface area contributed by atoms with Crippen LogP contribution in [0.25, 0.3) is 0 Å². The van der Waals surface area contributed by atoms with Crippen molar-refractivity contribution in [2.24, 2.45) is 0 Å². The molecule has 0 saturated carbocycles. The predicted octanol–water partition coefficient (Wildman–Crippen LogP) is 2.76. The monoisotopic (exact) mass is 390 g/mol. The van der Waals surface area contributed by atoms with Gasteiger partial charge in [-0.25, -0.2) is 4.79 Å². The van der Waals surface area contributed by atoms with Crippen molar-refractivity contribution in [3.8, 4) is 0 Å². The molecule has 160 valence electrons. The summed E-state index contributed by atoms with van der Waals surface area (Å²) in [4.78, 5) is 11.4. The van der Waals surface area contributed by atoms with Crippen molar-refractivity contribution < 1.29 is 33.2 Å². The van der Waals surface area contributed by atoms with Gasteiger partial charge in [-0.2, -0.15) is 0 Å². The lowest BCUT2D eigenvalue weighted by Gasteiger charge is -2.22. The first-order chi connectivity index (χ1) is 12.6. The molecule has 0 spiro atoms. The second kappa shape index (κ2) is 15.0. The van der Waals surface area contributed by atoms with Gasteiger partial charge >= 0.3 is 5.97 Å². The van der Waals surface area contributed by atoms with Gasteiger partial charge in [-0.05, 0) is 41.5 Å². The molecule has 0 aliphatic rings. The zero-order valence-corrected chi connectivity index (χ0v) is 18.0. The van der Waals surface area contributed by atoms with Crippen LogP contribution >= 0.6 is 0 Å². The van der Waals surface area contributed by atoms with Crippen molar-refractivity contribution in [2.45, 2.75) is 72.1 Å². The molecule has 0 radical (unpaired) electrons. The summed E-state index contributed by atoms with van der Waals surface area (Å²) in [6.45, 7) is 17.0. The molecular weight excluding hydrogens is 352 g/mol. The average molecular weight is 391 g/mol. The van der Waals surface area contributed by atoms with Crippen LogP contribution in [0, 0.1) is 0 Å². The summed E-state index contributed by atoms with van der Waals surface area (Å²) in [7, 11) is 1.65. The molecule has 0 N–H and O–H groups in total. The molecule has 0 heterocycles. The summed E-state index contributed by atoms with van der Waals surface area (Å²) in [5.74, 6) is -0.407. The van der Waals surface area contributed by atoms with Crippen molar-refractivity contribution in [3.63, 3.8) is 0 Å². The molecule has 0 aromatic rings. The van der Waals surface area contributed by atoms with E-state index in [1.165, 1.54) is 0 Å². The summed E-state index contributed by atoms with van der Waals surface area (Å²) in [5, 5.41) is 0. The van der Waals surface area contributed by atoms with Crippen LogP contribution < -0.4 is 0 Å². The highest BCUT2D eigenvalue weighted by Crippen LogP contribution is 2.04. The third-order valence-electron chi connectivity index (χ3n) is 3.52. The van der Waals surface area contributed by atoms with Crippen molar-refractivity contribution in [1.29, 1.82) is 0 Å². The van der Waals surface area contributed by atoms with E-state index in [1.807, 2.05) is 27.7 Å². The van der Waals surface area contributed by atoms with Gasteiger partial charge in [0.25, 0.3) is 0 Å². The second-order valence-corrected chi connectivity index (χ2v) is 7.03. The molecule has 0 saturated heterocycles. The summed E-state index contributed by atoms with van der Waals surface area (Å²) in [6, 6.07) is 0. The van der Waals surface area contributed by atoms with Crippen LogP contribution in [0.3, 0.4) is 0 Å². The summed E-state index contributed by atoms with van der Waals surface area (Å²) in [5.41, 5.74) is 0.375. The zero-order chi connectivity index (χ0) is 20.8. The summed E-state index contributed by atoms with van der Waals surface area (Å²) >= 11 is 0. The Hall–Kier alpha value is -0.990. The highest BCUT2D eigenvalue weighted by atomic mass is 16.6. The zero-order valence-electron chi connectivity index (χ0n) is 18.0. The highest BCUT2D eigenvalue weighted by molar-refractivity contribution is 5.87. The van der Waals surface area contributed by atoms with E-state index < -0.39 is 5.97 Å². The molecule has 27 heavy (non-hydrogen) atoms. The Balaban J connectivity index is 3.82. The Bertz CT molecular complexity index is 413. The van der Waals surface area contributed by atoms with E-state index in [9.17, 15) is 4.79 Å². The fourth-order valence-electron chi connectivity index (χ4n) is 1.94. The number of hydrogen-bond acceptors (Lipinski definition) is 7. The predicted molar refractivity (Wildman–Crippen MR) is 104 cm³/mol. The maximum atomic E-state index is 11.4. The molecule has 0 amide bonds. The van der Waals surface area contributed by atoms with Crippen molar-refractivity contribution in [3.05, 3.63) is 12.2 Å². The molecule has 0 aromatic carbocycles. The van der Waals surface area contributed by atoms with E-state index in [0.717, 1.165) is 0 Å². The standard InChI is InChI=1S/C20H38O7/c1-14(2)20(21)27-19(7)13-26-18(6)12-25-17(5)11-24-16(4)10-23-15(3)9-22-8/h15-19H,1,9-13H2,2-8H3. The van der Waals surface area contributed by atoms with Crippen LogP contribution in [-0.4, -0.2) is 76.6 Å². The van der Waals surface area contributed by atoms with Gasteiger partial charge in [0.05, 0.1) is 57.5 Å². The van der Waals surface area contributed by atoms with Crippen molar-refractivity contribution in [1.82, 2.24) is 0 Å². The number of rotatable bonds is 16. The Morgan fingerprint density at radius 2 is 1.04 bits per heavy atom. The number of carbonyl (C=O) groups is 1. The first-order valence-corrected chi connectivity index (χ1v) is 9.47. The van der Waals surface area contributed by atoms with Gasteiger partial charge in [-0.15, -0.1) is 0 Å². The summed E-state index contributed by atoms with van der Waals surface area (Å²) < 4.78 is 32.9. The molecule has 7 nitrogen and oxygen atoms in total. The lowest BCUT2D eigenvalue weighted by molar-refractivity contribution is -0.148. The van der Waals surface area contributed by atoms with Crippen molar-refractivity contribution >= 4 is 5.97 Å². The highest BCUT2D eigenvalue weighted by Gasteiger charge is 2.14. The minimum absolute atomic E-state index is 0.0205. The number of ether oxygens (including phenoxy) is 6. The molecule has 0 bridgehead atoms. The van der Waals surface area contributed by atoms with Gasteiger partial charge in [0.1, 0.15) is 6.10 Å². The molecule has 0 aliphatic heterocycles. The SMILES string of the molecule is C=C(C)C(=O)OC(C)COC(C)COC(C)COC(C)COC(C)COC. The minimum Gasteiger partial charge on any atom is -0.457 e. The van der Waals surface area contributed by atoms with Crippen molar-refractivity contribution in [2.75, 3.05) is 40.1 Å². The van der Waals surface area contributed by atoms with Gasteiger partial charge in [0.15, 0.2) is 0 Å². The Morgan fingerprint density at radius 3 is 1.37 bits per heavy atom. The maximum Gasteiger partial charge on any atom is 0.333 e. The first kappa shape index (κ1) is 26.0. The third kappa shape index (κ3) is 14.7. The second-order valence-electron chi connectivity index (χ2n) is 7.03. The van der Waals surface area contributed by atoms with E-state index in [2.05, 4.69) is 6.58 Å². The van der Waals surface area contributed by atoms with Crippen LogP contribution in [0.5, 0.6) is 0 Å². The average Bonchev–Trinajstić information content (AvgIpc) is 2.61. The van der Waals surface area contributed by atoms with E-state index >= 15 is 0 Å². The maximum absolute atomic E-state index is 11.4. The van der Waals surface area contributed by atoms with Gasteiger partial charge in [0, 0.05) is 12.7 Å². The van der Waals surface area contributed by atoms with Gasteiger partial charge in [0.2, 0.25) is 0 Å². The lowest BCUT2D eigenvalue weighted by atomic mass is 10.3. The normalized spacial score (nSPS) is 17.0. The molecule has 5 atom stereocenters. The number of esters is 1. The molecule has 5 unspecified atom stereocenters.